The zero-order valence-electron chi connectivity index (χ0n) is 14.1. The number of carbonyl (C=O) groups excluding carboxylic acids is 1. The molecule has 0 atom stereocenters. The molecule has 1 saturated heterocycles. The molecule has 1 amide bonds. The number of thiocarbonyl (C=S) groups is 1. The van der Waals surface area contributed by atoms with E-state index in [0.717, 1.165) is 0 Å². The van der Waals surface area contributed by atoms with Crippen molar-refractivity contribution in [3.05, 3.63) is 22.1 Å². The average molecular weight is 351 g/mol. The molecule has 0 aliphatic carbocycles. The van der Waals surface area contributed by atoms with Gasteiger partial charge in [-0.15, -0.1) is 0 Å². The Morgan fingerprint density at radius 3 is 1.91 bits per heavy atom. The quantitative estimate of drug-likeness (QED) is 0.597. The molecule has 1 fully saturated rings. The van der Waals surface area contributed by atoms with Crippen LogP contribution in [0.4, 0.5) is 0 Å². The number of aromatic nitrogens is 2. The molecule has 2 rings (SSSR count). The first-order chi connectivity index (χ1) is 10.4. The summed E-state index contributed by atoms with van der Waals surface area (Å²) in [5.74, 6) is 0.275. The van der Waals surface area contributed by atoms with Crippen molar-refractivity contribution >= 4 is 40.3 Å². The fourth-order valence-electron chi connectivity index (χ4n) is 2.12. The van der Waals surface area contributed by atoms with Crippen molar-refractivity contribution in [1.82, 2.24) is 15.3 Å². The summed E-state index contributed by atoms with van der Waals surface area (Å²) in [4.78, 5) is 21.2. The van der Waals surface area contributed by atoms with Crippen molar-refractivity contribution in [3.8, 4) is 5.75 Å². The second kappa shape index (κ2) is 5.87. The summed E-state index contributed by atoms with van der Waals surface area (Å²) in [7, 11) is 0. The molecular formula is C16H21N3O2S2. The van der Waals surface area contributed by atoms with Gasteiger partial charge in [-0.1, -0.05) is 65.5 Å². The second-order valence-corrected chi connectivity index (χ2v) is 9.20. The van der Waals surface area contributed by atoms with Crippen LogP contribution in [-0.4, -0.2) is 25.3 Å². The van der Waals surface area contributed by atoms with Gasteiger partial charge in [-0.05, 0) is 0 Å². The Hall–Kier alpha value is -1.47. The van der Waals surface area contributed by atoms with Gasteiger partial charge in [0.25, 0.3) is 5.91 Å². The number of hydrogen-bond acceptors (Lipinski definition) is 6. The molecule has 1 aromatic rings. The molecule has 1 aliphatic heterocycles. The van der Waals surface area contributed by atoms with Gasteiger partial charge in [-0.3, -0.25) is 4.79 Å². The Kier molecular flexibility index (Phi) is 4.56. The standard InChI is InChI=1S/C16H21N3O2S2/c1-15(2,3)11-10(20)12(16(4,5)6)18-9(17-11)7-8-13(21)19-14(22)23-8/h7,20H,1-6H3,(H,19,21,22)/b8-7-. The minimum Gasteiger partial charge on any atom is -0.504 e. The van der Waals surface area contributed by atoms with E-state index in [1.54, 1.807) is 6.08 Å². The van der Waals surface area contributed by atoms with Crippen LogP contribution < -0.4 is 5.32 Å². The third-order valence-electron chi connectivity index (χ3n) is 3.22. The Balaban J connectivity index is 2.64. The maximum atomic E-state index is 11.8. The van der Waals surface area contributed by atoms with E-state index in [1.165, 1.54) is 11.8 Å². The van der Waals surface area contributed by atoms with Gasteiger partial charge in [0.2, 0.25) is 0 Å². The van der Waals surface area contributed by atoms with E-state index in [9.17, 15) is 9.90 Å². The predicted molar refractivity (Wildman–Crippen MR) is 97.4 cm³/mol. The minimum atomic E-state index is -0.347. The lowest BCUT2D eigenvalue weighted by atomic mass is 9.85. The third-order valence-corrected chi connectivity index (χ3v) is 4.39. The van der Waals surface area contributed by atoms with Crippen LogP contribution in [0.5, 0.6) is 5.75 Å². The highest BCUT2D eigenvalue weighted by atomic mass is 32.2. The Labute approximate surface area is 146 Å². The van der Waals surface area contributed by atoms with Crippen molar-refractivity contribution in [2.75, 3.05) is 0 Å². The van der Waals surface area contributed by atoms with Gasteiger partial charge in [0.1, 0.15) is 4.32 Å². The highest BCUT2D eigenvalue weighted by molar-refractivity contribution is 8.26. The number of nitrogens with zero attached hydrogens (tertiary/aromatic N) is 2. The maximum absolute atomic E-state index is 11.8. The summed E-state index contributed by atoms with van der Waals surface area (Å²) in [5.41, 5.74) is 0.437. The van der Waals surface area contributed by atoms with Gasteiger partial charge < -0.3 is 10.4 Å². The molecule has 2 heterocycles. The SMILES string of the molecule is CC(C)(C)c1nc(/C=C2\SC(=S)NC2=O)nc(C(C)(C)C)c1O. The van der Waals surface area contributed by atoms with Crippen molar-refractivity contribution in [2.24, 2.45) is 0 Å². The van der Waals surface area contributed by atoms with Crippen LogP contribution in [0.2, 0.25) is 0 Å². The van der Waals surface area contributed by atoms with Crippen molar-refractivity contribution in [3.63, 3.8) is 0 Å². The lowest BCUT2D eigenvalue weighted by Gasteiger charge is -2.25. The van der Waals surface area contributed by atoms with Crippen LogP contribution in [0.25, 0.3) is 6.08 Å². The van der Waals surface area contributed by atoms with Crippen LogP contribution in [-0.2, 0) is 15.6 Å². The first-order valence-corrected chi connectivity index (χ1v) is 8.49. The molecule has 23 heavy (non-hydrogen) atoms. The summed E-state index contributed by atoms with van der Waals surface area (Å²) >= 11 is 6.18. The molecule has 0 bridgehead atoms. The monoisotopic (exact) mass is 351 g/mol. The van der Waals surface area contributed by atoms with E-state index in [-0.39, 0.29) is 22.5 Å². The Morgan fingerprint density at radius 1 is 1.09 bits per heavy atom. The zero-order chi connectivity index (χ0) is 17.6. The largest absolute Gasteiger partial charge is 0.504 e. The van der Waals surface area contributed by atoms with E-state index < -0.39 is 0 Å². The molecule has 2 N–H and O–H groups in total. The van der Waals surface area contributed by atoms with Crippen LogP contribution in [0, 0.1) is 0 Å². The number of aromatic hydroxyl groups is 1. The summed E-state index contributed by atoms with van der Waals surface area (Å²) < 4.78 is 0.423. The Morgan fingerprint density at radius 2 is 1.57 bits per heavy atom. The van der Waals surface area contributed by atoms with Gasteiger partial charge in [0.05, 0.1) is 16.3 Å². The van der Waals surface area contributed by atoms with Gasteiger partial charge >= 0.3 is 0 Å². The highest BCUT2D eigenvalue weighted by Gasteiger charge is 2.30. The molecular weight excluding hydrogens is 330 g/mol. The molecule has 1 aromatic heterocycles. The average Bonchev–Trinajstić information content (AvgIpc) is 2.67. The predicted octanol–water partition coefficient (Wildman–Crippen LogP) is 3.27. The normalized spacial score (nSPS) is 17.7. The molecule has 0 saturated carbocycles. The molecule has 0 unspecified atom stereocenters. The summed E-state index contributed by atoms with van der Waals surface area (Å²) in [6.07, 6.45) is 1.61. The third kappa shape index (κ3) is 3.90. The maximum Gasteiger partial charge on any atom is 0.263 e. The fourth-order valence-corrected chi connectivity index (χ4v) is 3.13. The lowest BCUT2D eigenvalue weighted by molar-refractivity contribution is -0.115. The van der Waals surface area contributed by atoms with Crippen molar-refractivity contribution < 1.29 is 9.90 Å². The van der Waals surface area contributed by atoms with Gasteiger partial charge in [0.15, 0.2) is 11.6 Å². The minimum absolute atomic E-state index is 0.117. The van der Waals surface area contributed by atoms with Crippen molar-refractivity contribution in [1.29, 1.82) is 0 Å². The van der Waals surface area contributed by atoms with Crippen LogP contribution in [0.1, 0.15) is 58.8 Å². The van der Waals surface area contributed by atoms with Crippen LogP contribution in [0.3, 0.4) is 0 Å². The first kappa shape index (κ1) is 17.9. The van der Waals surface area contributed by atoms with Crippen LogP contribution >= 0.6 is 24.0 Å². The smallest absolute Gasteiger partial charge is 0.263 e. The number of amides is 1. The second-order valence-electron chi connectivity index (χ2n) is 7.48. The molecule has 1 aliphatic rings. The summed E-state index contributed by atoms with van der Waals surface area (Å²) in [6, 6.07) is 0. The van der Waals surface area contributed by atoms with Gasteiger partial charge in [0, 0.05) is 16.9 Å². The van der Waals surface area contributed by atoms with E-state index in [1.807, 2.05) is 41.5 Å². The number of thioether (sulfide) groups is 1. The topological polar surface area (TPSA) is 75.1 Å². The van der Waals surface area contributed by atoms with E-state index in [0.29, 0.717) is 26.4 Å². The molecule has 5 nitrogen and oxygen atoms in total. The fraction of sp³-hybridized carbons (Fsp3) is 0.500. The van der Waals surface area contributed by atoms with Crippen LogP contribution in [0.15, 0.2) is 4.91 Å². The van der Waals surface area contributed by atoms with Gasteiger partial charge in [-0.25, -0.2) is 9.97 Å². The number of hydrogen-bond donors (Lipinski definition) is 2. The number of carbonyl (C=O) groups is 1. The van der Waals surface area contributed by atoms with E-state index in [4.69, 9.17) is 12.2 Å². The molecule has 124 valence electrons. The zero-order valence-corrected chi connectivity index (χ0v) is 15.8. The molecule has 0 radical (unpaired) electrons. The molecule has 0 spiro atoms. The number of nitrogens with one attached hydrogen (secondary N) is 1. The molecule has 0 aromatic carbocycles. The lowest BCUT2D eigenvalue weighted by Crippen LogP contribution is -2.21. The van der Waals surface area contributed by atoms with Crippen molar-refractivity contribution in [2.45, 2.75) is 52.4 Å². The first-order valence-electron chi connectivity index (χ1n) is 7.26. The van der Waals surface area contributed by atoms with Gasteiger partial charge in [-0.2, -0.15) is 0 Å². The van der Waals surface area contributed by atoms with E-state index in [2.05, 4.69) is 15.3 Å². The summed E-state index contributed by atoms with van der Waals surface area (Å²) in [6.45, 7) is 11.9. The molecule has 7 heteroatoms. The number of rotatable bonds is 1. The Bertz CT molecular complexity index is 678. The summed E-state index contributed by atoms with van der Waals surface area (Å²) in [5, 5.41) is 13.2. The van der Waals surface area contributed by atoms with E-state index >= 15 is 0 Å². The highest BCUT2D eigenvalue weighted by Crippen LogP contribution is 2.37.